The van der Waals surface area contributed by atoms with Gasteiger partial charge in [0.05, 0.1) is 17.9 Å². The van der Waals surface area contributed by atoms with E-state index in [1.807, 2.05) is 13.8 Å². The maximum atomic E-state index is 11.4. The van der Waals surface area contributed by atoms with Crippen molar-refractivity contribution in [3.8, 4) is 5.75 Å². The van der Waals surface area contributed by atoms with Crippen molar-refractivity contribution in [2.24, 2.45) is 0 Å². The molecule has 1 aromatic carbocycles. The fourth-order valence-corrected chi connectivity index (χ4v) is 1.92. The molecular weight excluding hydrogens is 240 g/mol. The summed E-state index contributed by atoms with van der Waals surface area (Å²) in [5.41, 5.74) is 0.187. The summed E-state index contributed by atoms with van der Waals surface area (Å²) in [5.74, 6) is -0.0403. The Kier molecular flexibility index (Phi) is 5.15. The van der Waals surface area contributed by atoms with Crippen LogP contribution in [0.25, 0.3) is 0 Å². The standard InChI is InChI=1S/C12H16O4S/c1-9(2)17(15)7-6-16-11-5-3-4-10(8-11)12(13)14/h3-5,8-9H,6-7H2,1-2H3,(H,13,14). The zero-order chi connectivity index (χ0) is 12.8. The molecule has 0 saturated heterocycles. The van der Waals surface area contributed by atoms with Gasteiger partial charge in [0.25, 0.3) is 0 Å². The van der Waals surface area contributed by atoms with E-state index in [2.05, 4.69) is 0 Å². The molecule has 1 atom stereocenters. The van der Waals surface area contributed by atoms with Crippen LogP contribution in [0.4, 0.5) is 0 Å². The molecule has 0 saturated carbocycles. The van der Waals surface area contributed by atoms with E-state index in [4.69, 9.17) is 9.84 Å². The molecule has 0 aliphatic rings. The van der Waals surface area contributed by atoms with Crippen LogP contribution in [-0.4, -0.2) is 32.9 Å². The average molecular weight is 256 g/mol. The third-order valence-electron chi connectivity index (χ3n) is 2.16. The van der Waals surface area contributed by atoms with Gasteiger partial charge < -0.3 is 9.84 Å². The second kappa shape index (κ2) is 6.39. The topological polar surface area (TPSA) is 63.6 Å². The molecule has 94 valence electrons. The van der Waals surface area contributed by atoms with Crippen molar-refractivity contribution in [1.29, 1.82) is 0 Å². The Labute approximate surface area is 103 Å². The number of hydrogen-bond donors (Lipinski definition) is 1. The van der Waals surface area contributed by atoms with Gasteiger partial charge in [0, 0.05) is 16.0 Å². The maximum absolute atomic E-state index is 11.4. The van der Waals surface area contributed by atoms with Crippen molar-refractivity contribution >= 4 is 16.8 Å². The lowest BCUT2D eigenvalue weighted by molar-refractivity contribution is 0.0696. The summed E-state index contributed by atoms with van der Waals surface area (Å²) < 4.78 is 16.8. The Morgan fingerprint density at radius 1 is 1.47 bits per heavy atom. The lowest BCUT2D eigenvalue weighted by Gasteiger charge is -2.08. The Morgan fingerprint density at radius 2 is 2.18 bits per heavy atom. The Balaban J connectivity index is 2.50. The number of carboxylic acids is 1. The molecule has 4 nitrogen and oxygen atoms in total. The second-order valence-corrected chi connectivity index (χ2v) is 5.93. The number of rotatable bonds is 6. The van der Waals surface area contributed by atoms with Gasteiger partial charge in [0.1, 0.15) is 5.75 Å². The summed E-state index contributed by atoms with van der Waals surface area (Å²) in [5, 5.41) is 8.91. The Hall–Kier alpha value is -1.36. The van der Waals surface area contributed by atoms with E-state index in [9.17, 15) is 9.00 Å². The van der Waals surface area contributed by atoms with E-state index in [1.54, 1.807) is 12.1 Å². The number of ether oxygens (including phenoxy) is 1. The Morgan fingerprint density at radius 3 is 2.76 bits per heavy atom. The summed E-state index contributed by atoms with van der Waals surface area (Å²) in [6.07, 6.45) is 0. The molecule has 0 aromatic heterocycles. The first-order valence-corrected chi connectivity index (χ1v) is 6.72. The Bertz CT molecular complexity index is 415. The van der Waals surface area contributed by atoms with Gasteiger partial charge >= 0.3 is 5.97 Å². The highest BCUT2D eigenvalue weighted by atomic mass is 32.2. The van der Waals surface area contributed by atoms with Crippen LogP contribution in [-0.2, 0) is 10.8 Å². The number of benzene rings is 1. The van der Waals surface area contributed by atoms with Crippen molar-refractivity contribution in [3.63, 3.8) is 0 Å². The van der Waals surface area contributed by atoms with Gasteiger partial charge in [-0.3, -0.25) is 4.21 Å². The fraction of sp³-hybridized carbons (Fsp3) is 0.417. The van der Waals surface area contributed by atoms with Crippen LogP contribution in [0, 0.1) is 0 Å². The lowest BCUT2D eigenvalue weighted by atomic mass is 10.2. The second-order valence-electron chi connectivity index (χ2n) is 3.82. The first-order valence-electron chi connectivity index (χ1n) is 5.34. The van der Waals surface area contributed by atoms with E-state index < -0.39 is 16.8 Å². The number of carboxylic acid groups (broad SMARTS) is 1. The van der Waals surface area contributed by atoms with Crippen LogP contribution in [0.2, 0.25) is 0 Å². The molecule has 17 heavy (non-hydrogen) atoms. The van der Waals surface area contributed by atoms with E-state index in [-0.39, 0.29) is 10.8 Å². The molecule has 1 aromatic rings. The monoisotopic (exact) mass is 256 g/mol. The minimum absolute atomic E-state index is 0.115. The molecule has 0 radical (unpaired) electrons. The molecule has 0 spiro atoms. The summed E-state index contributed by atoms with van der Waals surface area (Å²) in [6.45, 7) is 4.11. The van der Waals surface area contributed by atoms with Crippen molar-refractivity contribution in [2.45, 2.75) is 19.1 Å². The van der Waals surface area contributed by atoms with Crippen LogP contribution in [0.15, 0.2) is 24.3 Å². The minimum Gasteiger partial charge on any atom is -0.493 e. The zero-order valence-electron chi connectivity index (χ0n) is 9.88. The third-order valence-corrected chi connectivity index (χ3v) is 3.78. The van der Waals surface area contributed by atoms with Gasteiger partial charge in [-0.2, -0.15) is 0 Å². The summed E-state index contributed by atoms with van der Waals surface area (Å²) in [7, 11) is -0.901. The highest BCUT2D eigenvalue weighted by Crippen LogP contribution is 2.13. The van der Waals surface area contributed by atoms with Gasteiger partial charge in [-0.05, 0) is 18.2 Å². The molecule has 0 bridgehead atoms. The molecule has 0 aliphatic carbocycles. The SMILES string of the molecule is CC(C)S(=O)CCOc1cccc(C(=O)O)c1. The zero-order valence-corrected chi connectivity index (χ0v) is 10.7. The molecule has 0 aliphatic heterocycles. The minimum atomic E-state index is -0.985. The molecule has 5 heteroatoms. The van der Waals surface area contributed by atoms with Gasteiger partial charge in [0.2, 0.25) is 0 Å². The van der Waals surface area contributed by atoms with Crippen molar-refractivity contribution in [1.82, 2.24) is 0 Å². The van der Waals surface area contributed by atoms with E-state index in [1.165, 1.54) is 12.1 Å². The third kappa shape index (κ3) is 4.56. The van der Waals surface area contributed by atoms with Gasteiger partial charge in [0.15, 0.2) is 0 Å². The van der Waals surface area contributed by atoms with Crippen molar-refractivity contribution in [3.05, 3.63) is 29.8 Å². The first kappa shape index (κ1) is 13.7. The normalized spacial score (nSPS) is 12.4. The van der Waals surface area contributed by atoms with Gasteiger partial charge in [-0.25, -0.2) is 4.79 Å². The summed E-state index contributed by atoms with van der Waals surface area (Å²) in [4.78, 5) is 10.7. The average Bonchev–Trinajstić information content (AvgIpc) is 2.29. The smallest absolute Gasteiger partial charge is 0.335 e. The highest BCUT2D eigenvalue weighted by molar-refractivity contribution is 7.85. The highest BCUT2D eigenvalue weighted by Gasteiger charge is 2.06. The first-order chi connectivity index (χ1) is 8.00. The van der Waals surface area contributed by atoms with Gasteiger partial charge in [-0.15, -0.1) is 0 Å². The van der Waals surface area contributed by atoms with E-state index in [0.717, 1.165) is 0 Å². The summed E-state index contributed by atoms with van der Waals surface area (Å²) in [6, 6.07) is 6.27. The molecular formula is C12H16O4S. The van der Waals surface area contributed by atoms with Gasteiger partial charge in [-0.1, -0.05) is 19.9 Å². The van der Waals surface area contributed by atoms with E-state index in [0.29, 0.717) is 18.1 Å². The number of carbonyl (C=O) groups is 1. The number of hydrogen-bond acceptors (Lipinski definition) is 3. The van der Waals surface area contributed by atoms with Crippen LogP contribution in [0.3, 0.4) is 0 Å². The van der Waals surface area contributed by atoms with Crippen molar-refractivity contribution in [2.75, 3.05) is 12.4 Å². The molecule has 0 amide bonds. The van der Waals surface area contributed by atoms with E-state index >= 15 is 0 Å². The van der Waals surface area contributed by atoms with Crippen LogP contribution >= 0.6 is 0 Å². The predicted molar refractivity (Wildman–Crippen MR) is 67.0 cm³/mol. The lowest BCUT2D eigenvalue weighted by Crippen LogP contribution is -2.15. The summed E-state index contributed by atoms with van der Waals surface area (Å²) >= 11 is 0. The quantitative estimate of drug-likeness (QED) is 0.844. The van der Waals surface area contributed by atoms with Crippen molar-refractivity contribution < 1.29 is 18.8 Å². The van der Waals surface area contributed by atoms with Crippen LogP contribution in [0.5, 0.6) is 5.75 Å². The predicted octanol–water partition coefficient (Wildman–Crippen LogP) is 1.92. The molecule has 0 fully saturated rings. The van der Waals surface area contributed by atoms with Crippen LogP contribution < -0.4 is 4.74 Å². The fourth-order valence-electron chi connectivity index (χ4n) is 1.20. The molecule has 1 rings (SSSR count). The van der Waals surface area contributed by atoms with Crippen LogP contribution in [0.1, 0.15) is 24.2 Å². The number of aromatic carboxylic acids is 1. The molecule has 1 N–H and O–H groups in total. The molecule has 1 unspecified atom stereocenters. The largest absolute Gasteiger partial charge is 0.493 e. The molecule has 0 heterocycles. The maximum Gasteiger partial charge on any atom is 0.335 e.